The van der Waals surface area contributed by atoms with E-state index >= 15 is 0 Å². The van der Waals surface area contributed by atoms with E-state index in [4.69, 9.17) is 15.2 Å². The normalized spacial score (nSPS) is 10.2. The first-order valence-electron chi connectivity index (χ1n) is 7.62. The van der Waals surface area contributed by atoms with Gasteiger partial charge in [0, 0.05) is 19.1 Å². The molecule has 5 heteroatoms. The van der Waals surface area contributed by atoms with Crippen LogP contribution in [0.4, 0.5) is 11.4 Å². The average molecular weight is 314 g/mol. The predicted octanol–water partition coefficient (Wildman–Crippen LogP) is 3.69. The van der Waals surface area contributed by atoms with Crippen molar-refractivity contribution in [3.05, 3.63) is 36.4 Å². The Morgan fingerprint density at radius 1 is 1.04 bits per heavy atom. The van der Waals surface area contributed by atoms with Crippen LogP contribution in [0, 0.1) is 0 Å². The molecule has 23 heavy (non-hydrogen) atoms. The zero-order valence-electron chi connectivity index (χ0n) is 13.7. The molecule has 1 aromatic carbocycles. The van der Waals surface area contributed by atoms with Crippen LogP contribution in [-0.4, -0.2) is 19.1 Å². The number of rotatable bonds is 5. The number of nitrogen functional groups attached to an aromatic ring is 1. The van der Waals surface area contributed by atoms with Gasteiger partial charge in [-0.05, 0) is 25.0 Å². The Bertz CT molecular complexity index is 660. The number of amides is 1. The Balaban J connectivity index is 0.000000260. The Kier molecular flexibility index (Phi) is 5.46. The molecule has 0 saturated heterocycles. The summed E-state index contributed by atoms with van der Waals surface area (Å²) in [4.78, 5) is 11.1. The third-order valence-electron chi connectivity index (χ3n) is 3.22. The van der Waals surface area contributed by atoms with Gasteiger partial charge in [0.1, 0.15) is 5.75 Å². The summed E-state index contributed by atoms with van der Waals surface area (Å²) >= 11 is 0. The lowest BCUT2D eigenvalue weighted by molar-refractivity contribution is -0.114. The molecule has 0 heterocycles. The average Bonchev–Trinajstić information content (AvgIpc) is 2.47. The molecular formula is C18H22N2O3. The number of hydrogen-bond acceptors (Lipinski definition) is 4. The molecule has 0 aliphatic heterocycles. The lowest BCUT2D eigenvalue weighted by Gasteiger charge is -2.15. The van der Waals surface area contributed by atoms with Crippen LogP contribution in [0.2, 0.25) is 0 Å². The lowest BCUT2D eigenvalue weighted by Crippen LogP contribution is -2.09. The second kappa shape index (κ2) is 7.54. The molecule has 0 unspecified atom stereocenters. The van der Waals surface area contributed by atoms with E-state index in [-0.39, 0.29) is 5.91 Å². The summed E-state index contributed by atoms with van der Waals surface area (Å²) in [5.41, 5.74) is 9.69. The molecule has 122 valence electrons. The van der Waals surface area contributed by atoms with Crippen molar-refractivity contribution < 1.29 is 14.3 Å². The lowest BCUT2D eigenvalue weighted by atomic mass is 9.95. The van der Waals surface area contributed by atoms with Gasteiger partial charge in [0.25, 0.3) is 0 Å². The highest BCUT2D eigenvalue weighted by Crippen LogP contribution is 2.36. The van der Waals surface area contributed by atoms with Gasteiger partial charge in [-0.1, -0.05) is 24.3 Å². The summed E-state index contributed by atoms with van der Waals surface area (Å²) in [5, 5.41) is 2.67. The molecule has 1 amide bonds. The van der Waals surface area contributed by atoms with Gasteiger partial charge < -0.3 is 20.5 Å². The van der Waals surface area contributed by atoms with Gasteiger partial charge in [-0.3, -0.25) is 4.79 Å². The summed E-state index contributed by atoms with van der Waals surface area (Å²) in [7, 11) is 0. The number of carbonyl (C=O) groups excluding carboxylic acids is 1. The molecule has 5 nitrogen and oxygen atoms in total. The smallest absolute Gasteiger partial charge is 0.221 e. The Morgan fingerprint density at radius 3 is 2.00 bits per heavy atom. The van der Waals surface area contributed by atoms with E-state index in [9.17, 15) is 4.79 Å². The molecule has 0 aromatic heterocycles. The Hall–Kier alpha value is -2.69. The molecule has 3 N–H and O–H groups in total. The first-order valence-corrected chi connectivity index (χ1v) is 7.62. The summed E-state index contributed by atoms with van der Waals surface area (Å²) < 4.78 is 10.8. The maximum Gasteiger partial charge on any atom is 0.221 e. The number of ether oxygens (including phenoxy) is 2. The standard InChI is InChI=1S/C12H18N2O3.C6H4/c1-4-16-9-6-10(13)12(17-5-2)11(7-9)14-8(3)15;1-2-6-4-3-5(1)6/h6-7H,4-5,13H2,1-3H3,(H,14,15);1-4H. The van der Waals surface area contributed by atoms with Gasteiger partial charge in [-0.25, -0.2) is 0 Å². The molecule has 2 aliphatic rings. The highest BCUT2D eigenvalue weighted by Gasteiger charge is 2.12. The maximum atomic E-state index is 11.1. The van der Waals surface area contributed by atoms with Crippen molar-refractivity contribution in [3.8, 4) is 22.6 Å². The summed E-state index contributed by atoms with van der Waals surface area (Å²) in [6, 6.07) is 11.9. The summed E-state index contributed by atoms with van der Waals surface area (Å²) in [6.07, 6.45) is 0. The number of carbonyl (C=O) groups is 1. The molecular weight excluding hydrogens is 292 g/mol. The molecule has 1 aromatic rings. The van der Waals surface area contributed by atoms with Gasteiger partial charge in [-0.2, -0.15) is 0 Å². The second-order valence-corrected chi connectivity index (χ2v) is 5.01. The second-order valence-electron chi connectivity index (χ2n) is 5.01. The predicted molar refractivity (Wildman–Crippen MR) is 92.9 cm³/mol. The van der Waals surface area contributed by atoms with Crippen molar-refractivity contribution in [2.75, 3.05) is 24.3 Å². The molecule has 0 saturated carbocycles. The number of hydrogen-bond donors (Lipinski definition) is 2. The van der Waals surface area contributed by atoms with E-state index in [2.05, 4.69) is 29.6 Å². The van der Waals surface area contributed by atoms with Crippen LogP contribution < -0.4 is 20.5 Å². The third kappa shape index (κ3) is 4.16. The van der Waals surface area contributed by atoms with Crippen molar-refractivity contribution in [2.45, 2.75) is 20.8 Å². The first-order chi connectivity index (χ1) is 11.0. The minimum absolute atomic E-state index is 0.181. The molecule has 2 aliphatic carbocycles. The van der Waals surface area contributed by atoms with Crippen LogP contribution in [0.3, 0.4) is 0 Å². The molecule has 3 rings (SSSR count). The fourth-order valence-corrected chi connectivity index (χ4v) is 2.12. The van der Waals surface area contributed by atoms with Crippen LogP contribution in [0.1, 0.15) is 20.8 Å². The Morgan fingerprint density at radius 2 is 1.61 bits per heavy atom. The number of benzene rings is 2. The largest absolute Gasteiger partial charge is 0.494 e. The van der Waals surface area contributed by atoms with Gasteiger partial charge in [0.2, 0.25) is 5.91 Å². The molecule has 0 fully saturated rings. The van der Waals surface area contributed by atoms with E-state index in [1.165, 1.54) is 18.1 Å². The van der Waals surface area contributed by atoms with E-state index < -0.39 is 0 Å². The topological polar surface area (TPSA) is 73.6 Å². The minimum Gasteiger partial charge on any atom is -0.494 e. The fraction of sp³-hybridized carbons (Fsp3) is 0.278. The van der Waals surface area contributed by atoms with Gasteiger partial charge >= 0.3 is 0 Å². The van der Waals surface area contributed by atoms with Gasteiger partial charge in [-0.15, -0.1) is 0 Å². The van der Waals surface area contributed by atoms with Crippen molar-refractivity contribution in [3.63, 3.8) is 0 Å². The number of nitrogens with one attached hydrogen (secondary N) is 1. The fourth-order valence-electron chi connectivity index (χ4n) is 2.12. The monoisotopic (exact) mass is 314 g/mol. The number of anilines is 2. The zero-order valence-corrected chi connectivity index (χ0v) is 13.7. The van der Waals surface area contributed by atoms with Crippen LogP contribution in [-0.2, 0) is 4.79 Å². The number of fused-ring (bicyclic) bond motifs is 1. The van der Waals surface area contributed by atoms with Crippen LogP contribution in [0.15, 0.2) is 36.4 Å². The molecule has 0 bridgehead atoms. The van der Waals surface area contributed by atoms with E-state index in [1.807, 2.05) is 13.8 Å². The first kappa shape index (κ1) is 16.7. The summed E-state index contributed by atoms with van der Waals surface area (Å²) in [5.74, 6) is 0.905. The molecule has 0 atom stereocenters. The van der Waals surface area contributed by atoms with E-state index in [0.717, 1.165) is 0 Å². The van der Waals surface area contributed by atoms with Gasteiger partial charge in [0.15, 0.2) is 5.75 Å². The van der Waals surface area contributed by atoms with Gasteiger partial charge in [0.05, 0.1) is 24.6 Å². The van der Waals surface area contributed by atoms with Crippen molar-refractivity contribution in [2.24, 2.45) is 0 Å². The highest BCUT2D eigenvalue weighted by molar-refractivity contribution is 5.92. The van der Waals surface area contributed by atoms with Crippen LogP contribution >= 0.6 is 0 Å². The van der Waals surface area contributed by atoms with E-state index in [0.29, 0.717) is 36.1 Å². The van der Waals surface area contributed by atoms with E-state index in [1.54, 1.807) is 12.1 Å². The van der Waals surface area contributed by atoms with Crippen molar-refractivity contribution in [1.82, 2.24) is 0 Å². The van der Waals surface area contributed by atoms with Crippen molar-refractivity contribution in [1.29, 1.82) is 0 Å². The SMILES string of the molecule is CCOc1cc(N)c(OCC)c(NC(C)=O)c1.c1cc2ccc1-2. The molecule has 0 radical (unpaired) electrons. The quantitative estimate of drug-likeness (QED) is 0.704. The Labute approximate surface area is 136 Å². The third-order valence-corrected chi connectivity index (χ3v) is 3.22. The van der Waals surface area contributed by atoms with Crippen LogP contribution in [0.5, 0.6) is 11.5 Å². The molecule has 0 spiro atoms. The zero-order chi connectivity index (χ0) is 16.8. The maximum absolute atomic E-state index is 11.1. The van der Waals surface area contributed by atoms with Crippen LogP contribution in [0.25, 0.3) is 11.1 Å². The number of nitrogens with two attached hydrogens (primary N) is 1. The summed E-state index contributed by atoms with van der Waals surface area (Å²) in [6.45, 7) is 6.18. The van der Waals surface area contributed by atoms with Crippen molar-refractivity contribution >= 4 is 17.3 Å². The highest BCUT2D eigenvalue weighted by atomic mass is 16.5. The minimum atomic E-state index is -0.181.